The van der Waals surface area contributed by atoms with Gasteiger partial charge in [-0.25, -0.2) is 13.1 Å². The Morgan fingerprint density at radius 2 is 2.13 bits per heavy atom. The van der Waals surface area contributed by atoms with Crippen LogP contribution < -0.4 is 4.72 Å². The fraction of sp³-hybridized carbons (Fsp3) is 1.00. The second kappa shape index (κ2) is 5.27. The number of hydrogen-bond donors (Lipinski definition) is 1. The van der Waals surface area contributed by atoms with Gasteiger partial charge in [0.15, 0.2) is 0 Å². The maximum absolute atomic E-state index is 11.0. The molecule has 0 saturated carbocycles. The third-order valence-electron chi connectivity index (χ3n) is 3.06. The average Bonchev–Trinajstić information content (AvgIpc) is 2.14. The van der Waals surface area contributed by atoms with Gasteiger partial charge in [0, 0.05) is 18.6 Å². The number of piperidine rings is 1. The molecule has 0 aromatic heterocycles. The zero-order valence-corrected chi connectivity index (χ0v) is 10.7. The van der Waals surface area contributed by atoms with Crippen LogP contribution in [0.1, 0.15) is 33.1 Å². The number of nitrogens with one attached hydrogen (secondary N) is 1. The molecule has 2 atom stereocenters. The van der Waals surface area contributed by atoms with Crippen molar-refractivity contribution < 1.29 is 8.42 Å². The summed E-state index contributed by atoms with van der Waals surface area (Å²) in [6.07, 6.45) is 4.96. The minimum absolute atomic E-state index is 0.287. The van der Waals surface area contributed by atoms with Crippen LogP contribution in [0.25, 0.3) is 0 Å². The lowest BCUT2D eigenvalue weighted by molar-refractivity contribution is 0.116. The van der Waals surface area contributed by atoms with E-state index in [1.54, 1.807) is 0 Å². The first-order valence-electron chi connectivity index (χ1n) is 5.60. The van der Waals surface area contributed by atoms with E-state index in [0.717, 1.165) is 6.54 Å². The Labute approximate surface area is 93.1 Å². The van der Waals surface area contributed by atoms with Crippen LogP contribution in [-0.4, -0.2) is 44.7 Å². The molecule has 1 heterocycles. The number of likely N-dealkylation sites (tertiary alicyclic amines) is 1. The lowest BCUT2D eigenvalue weighted by Gasteiger charge is -2.38. The highest BCUT2D eigenvalue weighted by atomic mass is 32.2. The Morgan fingerprint density at radius 1 is 1.47 bits per heavy atom. The SMILES string of the molecule is C[C@H](CNS(C)(=O)=O)N1CCCC[C@@H]1C. The summed E-state index contributed by atoms with van der Waals surface area (Å²) in [5.41, 5.74) is 0. The van der Waals surface area contributed by atoms with E-state index in [2.05, 4.69) is 23.5 Å². The molecule has 1 fully saturated rings. The van der Waals surface area contributed by atoms with Gasteiger partial charge in [0.05, 0.1) is 6.26 Å². The standard InChI is InChI=1S/C10H22N2O2S/c1-9-6-4-5-7-12(9)10(2)8-11-15(3,13)14/h9-11H,4-8H2,1-3H3/t9-,10+/m0/s1. The third-order valence-corrected chi connectivity index (χ3v) is 3.75. The molecule has 90 valence electrons. The van der Waals surface area contributed by atoms with Crippen molar-refractivity contribution in [1.29, 1.82) is 0 Å². The van der Waals surface area contributed by atoms with Crippen molar-refractivity contribution in [3.05, 3.63) is 0 Å². The lowest BCUT2D eigenvalue weighted by atomic mass is 10.0. The fourth-order valence-electron chi connectivity index (χ4n) is 2.16. The van der Waals surface area contributed by atoms with Gasteiger partial charge in [-0.3, -0.25) is 4.90 Å². The van der Waals surface area contributed by atoms with Crippen molar-refractivity contribution >= 4 is 10.0 Å². The van der Waals surface area contributed by atoms with E-state index >= 15 is 0 Å². The van der Waals surface area contributed by atoms with Crippen molar-refractivity contribution in [2.24, 2.45) is 0 Å². The van der Waals surface area contributed by atoms with E-state index in [0.29, 0.717) is 12.6 Å². The molecule has 0 spiro atoms. The highest BCUT2D eigenvalue weighted by molar-refractivity contribution is 7.88. The van der Waals surface area contributed by atoms with E-state index in [1.165, 1.54) is 25.5 Å². The molecule has 0 amide bonds. The molecule has 0 unspecified atom stereocenters. The van der Waals surface area contributed by atoms with Gasteiger partial charge in [0.2, 0.25) is 10.0 Å². The van der Waals surface area contributed by atoms with Crippen LogP contribution in [0.4, 0.5) is 0 Å². The zero-order chi connectivity index (χ0) is 11.5. The second-order valence-corrected chi connectivity index (χ2v) is 6.39. The van der Waals surface area contributed by atoms with E-state index < -0.39 is 10.0 Å². The largest absolute Gasteiger partial charge is 0.297 e. The molecule has 0 bridgehead atoms. The summed E-state index contributed by atoms with van der Waals surface area (Å²) in [4.78, 5) is 2.39. The van der Waals surface area contributed by atoms with Crippen molar-refractivity contribution in [3.63, 3.8) is 0 Å². The Kier molecular flexibility index (Phi) is 4.55. The van der Waals surface area contributed by atoms with Gasteiger partial charge >= 0.3 is 0 Å². The van der Waals surface area contributed by atoms with Gasteiger partial charge in [-0.15, -0.1) is 0 Å². The minimum atomic E-state index is -3.05. The third kappa shape index (κ3) is 4.49. The quantitative estimate of drug-likeness (QED) is 0.783. The molecule has 4 nitrogen and oxygen atoms in total. The highest BCUT2D eigenvalue weighted by Gasteiger charge is 2.23. The maximum atomic E-state index is 11.0. The van der Waals surface area contributed by atoms with Gasteiger partial charge in [-0.05, 0) is 33.2 Å². The molecule has 15 heavy (non-hydrogen) atoms. The lowest BCUT2D eigenvalue weighted by Crippen LogP contribution is -2.48. The molecule has 1 aliphatic heterocycles. The average molecular weight is 234 g/mol. The summed E-state index contributed by atoms with van der Waals surface area (Å²) < 4.78 is 24.5. The summed E-state index contributed by atoms with van der Waals surface area (Å²) in [7, 11) is -3.05. The van der Waals surface area contributed by atoms with Crippen LogP contribution >= 0.6 is 0 Å². The molecule has 0 radical (unpaired) electrons. The van der Waals surface area contributed by atoms with E-state index in [-0.39, 0.29) is 6.04 Å². The Balaban J connectivity index is 2.41. The number of rotatable bonds is 4. The van der Waals surface area contributed by atoms with Crippen LogP contribution in [0.3, 0.4) is 0 Å². The zero-order valence-electron chi connectivity index (χ0n) is 9.86. The smallest absolute Gasteiger partial charge is 0.208 e. The Bertz CT molecular complexity index is 290. The van der Waals surface area contributed by atoms with Gasteiger partial charge in [-0.1, -0.05) is 6.42 Å². The van der Waals surface area contributed by atoms with Crippen molar-refractivity contribution in [2.45, 2.75) is 45.2 Å². The molecule has 0 aromatic rings. The van der Waals surface area contributed by atoms with E-state index in [4.69, 9.17) is 0 Å². The first-order valence-corrected chi connectivity index (χ1v) is 7.49. The normalized spacial score (nSPS) is 26.5. The molecule has 1 rings (SSSR count). The minimum Gasteiger partial charge on any atom is -0.297 e. The summed E-state index contributed by atoms with van der Waals surface area (Å²) in [5.74, 6) is 0. The molecule has 1 N–H and O–H groups in total. The van der Waals surface area contributed by atoms with Gasteiger partial charge in [-0.2, -0.15) is 0 Å². The van der Waals surface area contributed by atoms with Crippen LogP contribution in [0.15, 0.2) is 0 Å². The fourth-order valence-corrected chi connectivity index (χ4v) is 2.71. The van der Waals surface area contributed by atoms with Crippen LogP contribution in [0, 0.1) is 0 Å². The van der Waals surface area contributed by atoms with Crippen molar-refractivity contribution in [1.82, 2.24) is 9.62 Å². The highest BCUT2D eigenvalue weighted by Crippen LogP contribution is 2.18. The predicted octanol–water partition coefficient (Wildman–Crippen LogP) is 0.798. The molecule has 0 aliphatic carbocycles. The van der Waals surface area contributed by atoms with E-state index in [1.807, 2.05) is 0 Å². The number of hydrogen-bond acceptors (Lipinski definition) is 3. The molecule has 5 heteroatoms. The maximum Gasteiger partial charge on any atom is 0.208 e. The summed E-state index contributed by atoms with van der Waals surface area (Å²) >= 11 is 0. The van der Waals surface area contributed by atoms with Crippen molar-refractivity contribution in [2.75, 3.05) is 19.3 Å². The summed E-state index contributed by atoms with van der Waals surface area (Å²) in [6, 6.07) is 0.866. The molecule has 1 aliphatic rings. The van der Waals surface area contributed by atoms with Crippen LogP contribution in [0.5, 0.6) is 0 Å². The number of sulfonamides is 1. The first-order chi connectivity index (χ1) is 6.90. The summed E-state index contributed by atoms with van der Waals surface area (Å²) in [6.45, 7) is 5.91. The second-order valence-electron chi connectivity index (χ2n) is 4.55. The van der Waals surface area contributed by atoms with Gasteiger partial charge in [0.1, 0.15) is 0 Å². The van der Waals surface area contributed by atoms with E-state index in [9.17, 15) is 8.42 Å². The molecule has 1 saturated heterocycles. The Morgan fingerprint density at radius 3 is 2.67 bits per heavy atom. The molecular formula is C10H22N2O2S. The summed E-state index contributed by atoms with van der Waals surface area (Å²) in [5, 5.41) is 0. The molecule has 0 aromatic carbocycles. The predicted molar refractivity (Wildman–Crippen MR) is 62.3 cm³/mol. The van der Waals surface area contributed by atoms with Crippen molar-refractivity contribution in [3.8, 4) is 0 Å². The monoisotopic (exact) mass is 234 g/mol. The van der Waals surface area contributed by atoms with Crippen LogP contribution in [-0.2, 0) is 10.0 Å². The Hall–Kier alpha value is -0.130. The first kappa shape index (κ1) is 12.9. The molecular weight excluding hydrogens is 212 g/mol. The van der Waals surface area contributed by atoms with Gasteiger partial charge < -0.3 is 0 Å². The van der Waals surface area contributed by atoms with Crippen LogP contribution in [0.2, 0.25) is 0 Å². The number of nitrogens with zero attached hydrogens (tertiary/aromatic N) is 1. The topological polar surface area (TPSA) is 49.4 Å². The van der Waals surface area contributed by atoms with Gasteiger partial charge in [0.25, 0.3) is 0 Å².